The molecule has 0 aromatic rings. The molecule has 0 aliphatic heterocycles. The molecule has 0 heterocycles. The van der Waals surface area contributed by atoms with E-state index in [2.05, 4.69) is 27.7 Å². The van der Waals surface area contributed by atoms with Crippen LogP contribution in [0.1, 0.15) is 233 Å². The molecule has 272 valence electrons. The summed E-state index contributed by atoms with van der Waals surface area (Å²) >= 11 is -4.07. The van der Waals surface area contributed by atoms with E-state index in [0.29, 0.717) is 0 Å². The molecule has 0 saturated heterocycles. The van der Waals surface area contributed by atoms with Gasteiger partial charge in [0.05, 0.1) is 0 Å². The van der Waals surface area contributed by atoms with Crippen molar-refractivity contribution in [2.45, 2.75) is 233 Å². The van der Waals surface area contributed by atoms with Crippen molar-refractivity contribution in [3.05, 3.63) is 0 Å². The first kappa shape index (κ1) is 45.7. The van der Waals surface area contributed by atoms with Crippen molar-refractivity contribution in [1.29, 1.82) is 0 Å². The van der Waals surface area contributed by atoms with Crippen molar-refractivity contribution in [2.24, 2.45) is 0 Å². The fourth-order valence-corrected chi connectivity index (χ4v) is 11.1. The molecule has 0 aliphatic carbocycles. The standard InChI is InChI=1S/4C10H21O.Zr/c4*1-2-3-4-5-6-7-8-9-10-11;/h4*2-10H2,1H3;/q4*-1;+4. The monoisotopic (exact) mass is 719 g/mol. The molecule has 0 rings (SSSR count). The molecule has 0 N–H and O–H groups in total. The van der Waals surface area contributed by atoms with E-state index in [1.54, 1.807) is 0 Å². The summed E-state index contributed by atoms with van der Waals surface area (Å²) in [5.41, 5.74) is 0. The first-order valence-corrected chi connectivity index (χ1v) is 24.8. The molecule has 0 saturated carbocycles. The summed E-state index contributed by atoms with van der Waals surface area (Å²) in [7, 11) is 0. The Balaban J connectivity index is 4.84. The van der Waals surface area contributed by atoms with Crippen LogP contribution in [0.3, 0.4) is 0 Å². The topological polar surface area (TPSA) is 36.9 Å². The number of unbranched alkanes of at least 4 members (excludes halogenated alkanes) is 28. The van der Waals surface area contributed by atoms with Gasteiger partial charge in [-0.15, -0.1) is 0 Å². The zero-order valence-corrected chi connectivity index (χ0v) is 34.0. The summed E-state index contributed by atoms with van der Waals surface area (Å²) in [6, 6.07) is 0. The van der Waals surface area contributed by atoms with Crippen LogP contribution in [0.4, 0.5) is 0 Å². The van der Waals surface area contributed by atoms with E-state index in [1.165, 1.54) is 180 Å². The van der Waals surface area contributed by atoms with E-state index in [0.717, 1.165) is 52.1 Å². The number of hydrogen-bond acceptors (Lipinski definition) is 4. The van der Waals surface area contributed by atoms with Crippen molar-refractivity contribution in [3.63, 3.8) is 0 Å². The Bertz CT molecular complexity index is 439. The molecule has 0 unspecified atom stereocenters. The van der Waals surface area contributed by atoms with Crippen molar-refractivity contribution < 1.29 is 33.3 Å². The Labute approximate surface area is 291 Å². The zero-order chi connectivity index (χ0) is 32.8. The Morgan fingerprint density at radius 3 is 0.556 bits per heavy atom. The van der Waals surface area contributed by atoms with E-state index in [-0.39, 0.29) is 0 Å². The second-order valence-electron chi connectivity index (χ2n) is 13.8. The third-order valence-corrected chi connectivity index (χ3v) is 14.6. The molecule has 0 spiro atoms. The van der Waals surface area contributed by atoms with Crippen molar-refractivity contribution in [2.75, 3.05) is 26.4 Å². The average molecular weight is 720 g/mol. The van der Waals surface area contributed by atoms with Gasteiger partial charge >= 0.3 is 293 Å². The van der Waals surface area contributed by atoms with Gasteiger partial charge in [0.1, 0.15) is 0 Å². The van der Waals surface area contributed by atoms with E-state index in [4.69, 9.17) is 11.3 Å². The fraction of sp³-hybridized carbons (Fsp3) is 1.00. The van der Waals surface area contributed by atoms with Crippen LogP contribution in [0.5, 0.6) is 0 Å². The molecule has 0 aliphatic rings. The van der Waals surface area contributed by atoms with E-state index >= 15 is 0 Å². The third-order valence-electron chi connectivity index (χ3n) is 9.11. The van der Waals surface area contributed by atoms with Crippen LogP contribution < -0.4 is 0 Å². The van der Waals surface area contributed by atoms with E-state index in [9.17, 15) is 0 Å². The van der Waals surface area contributed by atoms with Gasteiger partial charge < -0.3 is 0 Å². The number of rotatable bonds is 40. The molecule has 0 amide bonds. The first-order chi connectivity index (χ1) is 22.2. The molecule has 0 fully saturated rings. The van der Waals surface area contributed by atoms with Crippen molar-refractivity contribution in [3.8, 4) is 0 Å². The quantitative estimate of drug-likeness (QED) is 0.0591. The minimum absolute atomic E-state index is 0.733. The molecule has 0 aromatic carbocycles. The SMILES string of the molecule is CCCCCCCCCC[O][Zr]([O]CCCCCCCCCC)([O]CCCCCCCCCC)[O]CCCCCCCCCC. The zero-order valence-electron chi connectivity index (χ0n) is 31.6. The van der Waals surface area contributed by atoms with Gasteiger partial charge in [-0.25, -0.2) is 0 Å². The molecule has 5 heteroatoms. The average Bonchev–Trinajstić information content (AvgIpc) is 3.05. The molecule has 4 nitrogen and oxygen atoms in total. The van der Waals surface area contributed by atoms with Gasteiger partial charge in [0, 0.05) is 0 Å². The summed E-state index contributed by atoms with van der Waals surface area (Å²) < 4.78 is 26.5. The van der Waals surface area contributed by atoms with Gasteiger partial charge in [0.15, 0.2) is 0 Å². The molecule has 0 radical (unpaired) electrons. The van der Waals surface area contributed by atoms with Gasteiger partial charge in [0.25, 0.3) is 0 Å². The van der Waals surface area contributed by atoms with Crippen LogP contribution in [-0.4, -0.2) is 26.4 Å². The Morgan fingerprint density at radius 2 is 0.378 bits per heavy atom. The molecule has 0 bridgehead atoms. The van der Waals surface area contributed by atoms with Gasteiger partial charge in [0.2, 0.25) is 0 Å². The van der Waals surface area contributed by atoms with Crippen molar-refractivity contribution >= 4 is 0 Å². The Kier molecular flexibility index (Phi) is 39.8. The molecular formula is C40H84O4Zr. The summed E-state index contributed by atoms with van der Waals surface area (Å²) in [5, 5.41) is 0. The second-order valence-corrected chi connectivity index (χ2v) is 19.1. The van der Waals surface area contributed by atoms with E-state index in [1.807, 2.05) is 0 Å². The minimum atomic E-state index is -4.07. The van der Waals surface area contributed by atoms with E-state index < -0.39 is 22.0 Å². The van der Waals surface area contributed by atoms with Gasteiger partial charge in [-0.05, 0) is 0 Å². The summed E-state index contributed by atoms with van der Waals surface area (Å²) in [6.45, 7) is 12.1. The Hall–Kier alpha value is 0.723. The van der Waals surface area contributed by atoms with Crippen LogP contribution in [0.25, 0.3) is 0 Å². The second kappa shape index (κ2) is 39.2. The normalized spacial score (nSPS) is 12.0. The summed E-state index contributed by atoms with van der Waals surface area (Å²) in [6.07, 6.45) is 41.8. The van der Waals surface area contributed by atoms with Crippen LogP contribution in [-0.2, 0) is 33.3 Å². The van der Waals surface area contributed by atoms with Crippen LogP contribution in [0.15, 0.2) is 0 Å². The first-order valence-electron chi connectivity index (χ1n) is 20.8. The van der Waals surface area contributed by atoms with Crippen LogP contribution >= 0.6 is 0 Å². The summed E-state index contributed by atoms with van der Waals surface area (Å²) in [5.74, 6) is 0. The van der Waals surface area contributed by atoms with Gasteiger partial charge in [-0.1, -0.05) is 0 Å². The summed E-state index contributed by atoms with van der Waals surface area (Å²) in [4.78, 5) is 0. The predicted molar refractivity (Wildman–Crippen MR) is 194 cm³/mol. The fourth-order valence-electron chi connectivity index (χ4n) is 5.98. The van der Waals surface area contributed by atoms with Crippen LogP contribution in [0.2, 0.25) is 0 Å². The van der Waals surface area contributed by atoms with Crippen LogP contribution in [0, 0.1) is 0 Å². The Morgan fingerprint density at radius 1 is 0.222 bits per heavy atom. The molecule has 0 atom stereocenters. The third kappa shape index (κ3) is 34.4. The molecular weight excluding hydrogens is 636 g/mol. The van der Waals surface area contributed by atoms with Gasteiger partial charge in [-0.2, -0.15) is 0 Å². The number of hydrogen-bond donors (Lipinski definition) is 0. The van der Waals surface area contributed by atoms with Crippen molar-refractivity contribution in [1.82, 2.24) is 0 Å². The maximum atomic E-state index is 6.63. The van der Waals surface area contributed by atoms with Gasteiger partial charge in [-0.3, -0.25) is 0 Å². The predicted octanol–water partition coefficient (Wildman–Crippen LogP) is 14.4. The molecule has 45 heavy (non-hydrogen) atoms. The maximum absolute atomic E-state index is 6.63. The molecule has 0 aromatic heterocycles.